The summed E-state index contributed by atoms with van der Waals surface area (Å²) in [7, 11) is -16.7. The molecule has 2 aromatic rings. The van der Waals surface area contributed by atoms with E-state index < -0.39 is 54.6 Å². The van der Waals surface area contributed by atoms with Crippen LogP contribution in [-0.4, -0.2) is 80.3 Å². The maximum absolute atomic E-state index is 11.9. The second-order valence-corrected chi connectivity index (χ2v) is 12.5. The molecule has 2 aromatic heterocycles. The fourth-order valence-electron chi connectivity index (χ4n) is 3.97. The fraction of sp³-hybridized carbons (Fsp3) is 0.667. The molecule has 1 aliphatic heterocycles. The quantitative estimate of drug-likeness (QED) is 0.186. The number of hydrogen-bond donors (Lipinski definition) is 7. The van der Waals surface area contributed by atoms with E-state index in [0.29, 0.717) is 11.3 Å². The van der Waals surface area contributed by atoms with Crippen LogP contribution in [0.4, 0.5) is 5.82 Å². The Bertz CT molecular complexity index is 1230. The van der Waals surface area contributed by atoms with Gasteiger partial charge in [0.2, 0.25) is 0 Å². The topological polar surface area (TPSA) is 265 Å². The molecule has 2 aliphatic rings. The van der Waals surface area contributed by atoms with Crippen LogP contribution in [0.15, 0.2) is 12.7 Å². The van der Waals surface area contributed by atoms with Gasteiger partial charge in [0.15, 0.2) is 23.2 Å². The van der Waals surface area contributed by atoms with E-state index in [1.54, 1.807) is 0 Å². The molecule has 18 nitrogen and oxygen atoms in total. The molecule has 2 unspecified atom stereocenters. The Morgan fingerprint density at radius 3 is 2.36 bits per heavy atom. The fourth-order valence-corrected chi connectivity index (χ4v) is 7.00. The van der Waals surface area contributed by atoms with Crippen molar-refractivity contribution < 1.29 is 61.4 Å². The van der Waals surface area contributed by atoms with Crippen LogP contribution in [0, 0.1) is 0 Å². The largest absolute Gasteiger partial charge is 0.490 e. The predicted octanol–water partition coefficient (Wildman–Crippen LogP) is 0.143. The molecule has 0 radical (unpaired) electrons. The molecule has 21 heteroatoms. The van der Waals surface area contributed by atoms with Crippen molar-refractivity contribution in [1.29, 1.82) is 0 Å². The summed E-state index contributed by atoms with van der Waals surface area (Å²) in [4.78, 5) is 48.6. The first-order valence-corrected chi connectivity index (χ1v) is 15.0. The number of ether oxygens (including phenoxy) is 1. The molecule has 0 spiro atoms. The molecule has 7 N–H and O–H groups in total. The Morgan fingerprint density at radius 1 is 1.00 bits per heavy atom. The zero-order valence-electron chi connectivity index (χ0n) is 18.2. The normalized spacial score (nSPS) is 28.8. The lowest BCUT2D eigenvalue weighted by Gasteiger charge is -2.19. The van der Waals surface area contributed by atoms with Crippen LogP contribution >= 0.6 is 23.5 Å². The van der Waals surface area contributed by atoms with Gasteiger partial charge in [0.05, 0.1) is 12.9 Å². The molecule has 0 bridgehead atoms. The van der Waals surface area contributed by atoms with Crippen molar-refractivity contribution >= 4 is 40.4 Å². The molecular formula is C15H24N5O13P3. The van der Waals surface area contributed by atoms with Crippen LogP contribution in [0.3, 0.4) is 0 Å². The van der Waals surface area contributed by atoms with E-state index in [9.17, 15) is 33.7 Å². The number of nitrogens with zero attached hydrogens (tertiary/aromatic N) is 4. The third-order valence-electron chi connectivity index (χ3n) is 5.48. The Labute approximate surface area is 202 Å². The van der Waals surface area contributed by atoms with Crippen molar-refractivity contribution in [3.05, 3.63) is 12.7 Å². The van der Waals surface area contributed by atoms with Gasteiger partial charge in [0, 0.05) is 6.04 Å². The van der Waals surface area contributed by atoms with Gasteiger partial charge in [-0.2, -0.15) is 8.62 Å². The van der Waals surface area contributed by atoms with Gasteiger partial charge in [0.1, 0.15) is 24.6 Å². The highest BCUT2D eigenvalue weighted by Crippen LogP contribution is 2.66. The molecule has 1 saturated heterocycles. The highest BCUT2D eigenvalue weighted by atomic mass is 31.3. The van der Waals surface area contributed by atoms with Crippen molar-refractivity contribution in [2.45, 2.75) is 56.3 Å². The predicted molar refractivity (Wildman–Crippen MR) is 117 cm³/mol. The number of fused-ring (bicyclic) bond motifs is 1. The Kier molecular flexibility index (Phi) is 8.01. The van der Waals surface area contributed by atoms with Crippen LogP contribution in [0.1, 0.15) is 31.9 Å². The first kappa shape index (κ1) is 27.7. The number of anilines is 1. The van der Waals surface area contributed by atoms with Crippen LogP contribution in [-0.2, 0) is 31.6 Å². The second kappa shape index (κ2) is 10.4. The lowest BCUT2D eigenvalue weighted by Crippen LogP contribution is -2.33. The molecular weight excluding hydrogens is 551 g/mol. The first-order valence-electron chi connectivity index (χ1n) is 10.5. The summed E-state index contributed by atoms with van der Waals surface area (Å²) in [5.41, 5.74) is 0.668. The van der Waals surface area contributed by atoms with E-state index in [2.05, 4.69) is 33.4 Å². The summed E-state index contributed by atoms with van der Waals surface area (Å²) < 4.78 is 52.7. The number of imidazole rings is 1. The molecule has 1 saturated carbocycles. The smallest absolute Gasteiger partial charge is 0.387 e. The summed E-state index contributed by atoms with van der Waals surface area (Å²) in [6, 6.07) is 0.239. The van der Waals surface area contributed by atoms with Crippen molar-refractivity contribution in [2.24, 2.45) is 0 Å². The SMILES string of the molecule is O=P(O)(O)OP(=O)(O)OP(=O)(O)OC[C@H]1O[C@@H](n2cnc3c(NC4CCCC4)ncnc32)[C@H](O)[C@@H]1O. The van der Waals surface area contributed by atoms with E-state index >= 15 is 0 Å². The molecule has 0 aromatic carbocycles. The molecule has 0 amide bonds. The van der Waals surface area contributed by atoms with E-state index in [1.807, 2.05) is 0 Å². The summed E-state index contributed by atoms with van der Waals surface area (Å²) >= 11 is 0. The molecule has 6 atom stereocenters. The average Bonchev–Trinajstić information content (AvgIpc) is 3.46. The summed E-state index contributed by atoms with van der Waals surface area (Å²) in [6.45, 7) is -0.936. The zero-order chi connectivity index (χ0) is 26.3. The molecule has 2 fully saturated rings. The second-order valence-electron chi connectivity index (χ2n) is 8.11. The monoisotopic (exact) mass is 575 g/mol. The van der Waals surface area contributed by atoms with Crippen molar-refractivity contribution in [3.63, 3.8) is 0 Å². The van der Waals surface area contributed by atoms with Gasteiger partial charge in [0.25, 0.3) is 0 Å². The van der Waals surface area contributed by atoms with Crippen LogP contribution in [0.5, 0.6) is 0 Å². The minimum absolute atomic E-state index is 0.239. The maximum Gasteiger partial charge on any atom is 0.490 e. The average molecular weight is 575 g/mol. The summed E-state index contributed by atoms with van der Waals surface area (Å²) in [6.07, 6.45) is 0.854. The van der Waals surface area contributed by atoms with Crippen molar-refractivity contribution in [1.82, 2.24) is 19.5 Å². The molecule has 202 valence electrons. The number of rotatable bonds is 10. The Hall–Kier alpha value is -1.36. The highest BCUT2D eigenvalue weighted by Gasteiger charge is 2.47. The van der Waals surface area contributed by atoms with Gasteiger partial charge in [-0.05, 0) is 12.8 Å². The summed E-state index contributed by atoms with van der Waals surface area (Å²) in [5.74, 6) is 0.489. The summed E-state index contributed by atoms with van der Waals surface area (Å²) in [5, 5.41) is 24.2. The highest BCUT2D eigenvalue weighted by molar-refractivity contribution is 7.66. The number of aromatic nitrogens is 4. The molecule has 4 rings (SSSR count). The first-order chi connectivity index (χ1) is 16.7. The van der Waals surface area contributed by atoms with Crippen molar-refractivity contribution in [2.75, 3.05) is 11.9 Å². The number of aliphatic hydroxyl groups excluding tert-OH is 2. The van der Waals surface area contributed by atoms with E-state index in [0.717, 1.165) is 25.7 Å². The van der Waals surface area contributed by atoms with Crippen molar-refractivity contribution in [3.8, 4) is 0 Å². The van der Waals surface area contributed by atoms with Gasteiger partial charge in [-0.15, -0.1) is 0 Å². The lowest BCUT2D eigenvalue weighted by molar-refractivity contribution is -0.0503. The van der Waals surface area contributed by atoms with E-state index in [-0.39, 0.29) is 11.7 Å². The minimum atomic E-state index is -5.71. The van der Waals surface area contributed by atoms with Crippen LogP contribution < -0.4 is 5.32 Å². The van der Waals surface area contributed by atoms with Crippen LogP contribution in [0.25, 0.3) is 11.2 Å². The molecule has 36 heavy (non-hydrogen) atoms. The van der Waals surface area contributed by atoms with Gasteiger partial charge in [-0.25, -0.2) is 28.6 Å². The zero-order valence-corrected chi connectivity index (χ0v) is 20.9. The number of phosphoric acid groups is 3. The number of nitrogens with one attached hydrogen (secondary N) is 1. The van der Waals surface area contributed by atoms with E-state index in [1.165, 1.54) is 17.2 Å². The number of hydrogen-bond acceptors (Lipinski definition) is 13. The Morgan fingerprint density at radius 2 is 1.69 bits per heavy atom. The standard InChI is InChI=1S/C15H24N5O13P3/c21-11-9(5-30-35(26,27)33-36(28,29)32-34(23,24)25)31-15(12(11)22)20-7-18-10-13(16-6-17-14(10)20)19-8-3-1-2-4-8/h6-9,11-12,15,21-22H,1-5H2,(H,26,27)(H,28,29)(H,16,17,19)(H2,23,24,25)/t9-,11-,12-,15-/m1/s1. The number of aliphatic hydroxyl groups is 2. The lowest BCUT2D eigenvalue weighted by atomic mass is 10.1. The van der Waals surface area contributed by atoms with E-state index in [4.69, 9.17) is 14.5 Å². The third kappa shape index (κ3) is 6.55. The molecule has 1 aliphatic carbocycles. The van der Waals surface area contributed by atoms with Gasteiger partial charge in [-0.3, -0.25) is 9.09 Å². The van der Waals surface area contributed by atoms with Gasteiger partial charge in [-0.1, -0.05) is 12.8 Å². The van der Waals surface area contributed by atoms with Gasteiger partial charge >= 0.3 is 23.5 Å². The van der Waals surface area contributed by atoms with Crippen LogP contribution in [0.2, 0.25) is 0 Å². The maximum atomic E-state index is 11.9. The number of phosphoric ester groups is 1. The Balaban J connectivity index is 1.44. The third-order valence-corrected chi connectivity index (χ3v) is 9.29. The minimum Gasteiger partial charge on any atom is -0.387 e. The molecule has 3 heterocycles. The van der Waals surface area contributed by atoms with Gasteiger partial charge < -0.3 is 39.8 Å².